The minimum atomic E-state index is -4.59. The summed E-state index contributed by atoms with van der Waals surface area (Å²) in [7, 11) is 1.28. The fourth-order valence-corrected chi connectivity index (χ4v) is 11.4. The molecule has 0 fully saturated rings. The van der Waals surface area contributed by atoms with E-state index in [1.165, 1.54) is 302 Å². The van der Waals surface area contributed by atoms with Crippen LogP contribution in [0.3, 0.4) is 0 Å². The number of nitrogens with one attached hydrogen (secondary N) is 1. The number of allylic oxidation sites excluding steroid dienone is 1. The fourth-order valence-electron chi connectivity index (χ4n) is 10.7. The number of aliphatic hydroxyl groups is 1. The molecule has 3 atom stereocenters. The number of aliphatic hydroxyl groups excluding tert-OH is 1. The smallest absolute Gasteiger partial charge is 0.268 e. The zero-order valence-electron chi connectivity index (χ0n) is 52.0. The summed E-state index contributed by atoms with van der Waals surface area (Å²) in [6.07, 6.45) is 75.0. The minimum Gasteiger partial charge on any atom is -0.756 e. The summed E-state index contributed by atoms with van der Waals surface area (Å²) in [5.74, 6) is -0.189. The van der Waals surface area contributed by atoms with Crippen LogP contribution in [-0.4, -0.2) is 68.5 Å². The van der Waals surface area contributed by atoms with Crippen molar-refractivity contribution >= 4 is 13.7 Å². The summed E-state index contributed by atoms with van der Waals surface area (Å²) in [5.41, 5.74) is 0. The second-order valence-electron chi connectivity index (χ2n) is 24.9. The number of phosphoric acid groups is 1. The van der Waals surface area contributed by atoms with Gasteiger partial charge in [-0.3, -0.25) is 9.36 Å². The lowest BCUT2D eigenvalue weighted by molar-refractivity contribution is -0.870. The summed E-state index contributed by atoms with van der Waals surface area (Å²) < 4.78 is 23.4. The zero-order valence-corrected chi connectivity index (χ0v) is 52.9. The van der Waals surface area contributed by atoms with Gasteiger partial charge < -0.3 is 28.8 Å². The van der Waals surface area contributed by atoms with Gasteiger partial charge in [-0.1, -0.05) is 347 Å². The van der Waals surface area contributed by atoms with Crippen molar-refractivity contribution in [3.8, 4) is 0 Å². The lowest BCUT2D eigenvalue weighted by atomic mass is 10.0. The molecule has 454 valence electrons. The Morgan fingerprint density at radius 1 is 0.447 bits per heavy atom. The van der Waals surface area contributed by atoms with Gasteiger partial charge in [-0.2, -0.15) is 0 Å². The summed E-state index contributed by atoms with van der Waals surface area (Å²) in [6, 6.07) is -0.882. The van der Waals surface area contributed by atoms with Gasteiger partial charge in [0.05, 0.1) is 39.9 Å². The van der Waals surface area contributed by atoms with E-state index in [-0.39, 0.29) is 19.1 Å². The van der Waals surface area contributed by atoms with Gasteiger partial charge in [0, 0.05) is 6.42 Å². The van der Waals surface area contributed by atoms with Crippen molar-refractivity contribution in [3.63, 3.8) is 0 Å². The van der Waals surface area contributed by atoms with Crippen LogP contribution in [0.25, 0.3) is 0 Å². The van der Waals surface area contributed by atoms with Gasteiger partial charge in [0.1, 0.15) is 13.2 Å². The summed E-state index contributed by atoms with van der Waals surface area (Å²) in [4.78, 5) is 25.5. The van der Waals surface area contributed by atoms with E-state index < -0.39 is 20.0 Å². The molecule has 76 heavy (non-hydrogen) atoms. The number of carbonyl (C=O) groups is 1. The Balaban J connectivity index is 3.81. The highest BCUT2D eigenvalue weighted by atomic mass is 31.2. The van der Waals surface area contributed by atoms with Crippen molar-refractivity contribution in [1.29, 1.82) is 0 Å². The zero-order chi connectivity index (χ0) is 55.6. The maximum absolute atomic E-state index is 13.0. The number of phosphoric ester groups is 1. The normalized spacial score (nSPS) is 13.7. The van der Waals surface area contributed by atoms with E-state index in [0.29, 0.717) is 17.4 Å². The van der Waals surface area contributed by atoms with Gasteiger partial charge in [0.25, 0.3) is 7.82 Å². The number of hydrogen-bond donors (Lipinski definition) is 2. The van der Waals surface area contributed by atoms with Crippen molar-refractivity contribution in [2.24, 2.45) is 0 Å². The number of unbranched alkanes of at least 4 members (excludes halogenated alkanes) is 51. The number of amides is 1. The molecule has 0 heterocycles. The number of nitrogens with zero attached hydrogens (tertiary/aromatic N) is 1. The van der Waals surface area contributed by atoms with Gasteiger partial charge >= 0.3 is 0 Å². The third-order valence-electron chi connectivity index (χ3n) is 16.0. The summed E-state index contributed by atoms with van der Waals surface area (Å²) in [6.45, 7) is 4.70. The van der Waals surface area contributed by atoms with E-state index in [2.05, 4.69) is 19.2 Å². The van der Waals surface area contributed by atoms with Crippen molar-refractivity contribution in [1.82, 2.24) is 5.32 Å². The van der Waals surface area contributed by atoms with Crippen LogP contribution in [-0.2, 0) is 18.4 Å². The summed E-state index contributed by atoms with van der Waals surface area (Å²) >= 11 is 0. The topological polar surface area (TPSA) is 108 Å². The van der Waals surface area contributed by atoms with Crippen LogP contribution in [0.15, 0.2) is 12.2 Å². The second-order valence-corrected chi connectivity index (χ2v) is 26.3. The van der Waals surface area contributed by atoms with E-state index >= 15 is 0 Å². The number of likely N-dealkylation sites (N-methyl/N-ethyl adjacent to an activating group) is 1. The molecule has 0 aromatic carbocycles. The Labute approximate surface area is 475 Å². The molecule has 0 aromatic heterocycles. The maximum Gasteiger partial charge on any atom is 0.268 e. The van der Waals surface area contributed by atoms with Crippen LogP contribution in [0.4, 0.5) is 0 Å². The lowest BCUT2D eigenvalue weighted by Crippen LogP contribution is -2.45. The molecule has 0 rings (SSSR count). The molecular formula is C67H135N2O6P. The maximum atomic E-state index is 13.0. The second kappa shape index (κ2) is 58.9. The molecule has 3 unspecified atom stereocenters. The van der Waals surface area contributed by atoms with Gasteiger partial charge in [-0.05, 0) is 19.3 Å². The number of rotatable bonds is 64. The van der Waals surface area contributed by atoms with Gasteiger partial charge in [0.2, 0.25) is 5.91 Å². The Kier molecular flexibility index (Phi) is 58.3. The number of carbonyl (C=O) groups excluding carboxylic acids is 1. The van der Waals surface area contributed by atoms with Crippen LogP contribution < -0.4 is 10.2 Å². The molecule has 0 saturated carbocycles. The Hall–Kier alpha value is -0.760. The monoisotopic (exact) mass is 1100 g/mol. The molecule has 0 bridgehead atoms. The fraction of sp³-hybridized carbons (Fsp3) is 0.955. The van der Waals surface area contributed by atoms with Crippen molar-refractivity contribution in [2.45, 2.75) is 373 Å². The molecule has 0 radical (unpaired) electrons. The van der Waals surface area contributed by atoms with Crippen molar-refractivity contribution < 1.29 is 32.9 Å². The molecule has 0 aromatic rings. The van der Waals surface area contributed by atoms with Crippen LogP contribution in [0.1, 0.15) is 361 Å². The Bertz CT molecular complexity index is 1240. The first-order valence-electron chi connectivity index (χ1n) is 34.1. The Morgan fingerprint density at radius 3 is 0.987 bits per heavy atom. The first-order chi connectivity index (χ1) is 37.0. The minimum absolute atomic E-state index is 0.00258. The van der Waals surface area contributed by atoms with E-state index in [0.717, 1.165) is 38.5 Å². The molecule has 1 amide bonds. The molecule has 0 aliphatic carbocycles. The third kappa shape index (κ3) is 60.9. The van der Waals surface area contributed by atoms with Crippen LogP contribution in [0.2, 0.25) is 0 Å². The highest BCUT2D eigenvalue weighted by molar-refractivity contribution is 7.45. The molecule has 0 aliphatic heterocycles. The quantitative estimate of drug-likeness (QED) is 0.0272. The van der Waals surface area contributed by atoms with Crippen LogP contribution in [0.5, 0.6) is 0 Å². The molecule has 0 aliphatic rings. The van der Waals surface area contributed by atoms with Gasteiger partial charge in [-0.25, -0.2) is 0 Å². The summed E-state index contributed by atoms with van der Waals surface area (Å²) in [5, 5.41) is 13.9. The molecule has 2 N–H and O–H groups in total. The highest BCUT2D eigenvalue weighted by Crippen LogP contribution is 2.38. The van der Waals surface area contributed by atoms with E-state index in [4.69, 9.17) is 9.05 Å². The third-order valence-corrected chi connectivity index (χ3v) is 17.0. The van der Waals surface area contributed by atoms with Gasteiger partial charge in [0.15, 0.2) is 0 Å². The molecular weight excluding hydrogens is 960 g/mol. The SMILES string of the molecule is CCCCCCCCCCCCCC/C=C/C(O)C(COP(=O)([O-])OCC[N+](C)(C)C)NC(=O)CCCCCCCCCCCCCCCCCCCCCCCCCCCCCCCCCCCCCCCCCC. The molecule has 0 spiro atoms. The predicted octanol–water partition coefficient (Wildman–Crippen LogP) is 20.7. The number of hydrogen-bond acceptors (Lipinski definition) is 6. The first-order valence-corrected chi connectivity index (χ1v) is 35.5. The van der Waals surface area contributed by atoms with Crippen LogP contribution in [0, 0.1) is 0 Å². The number of quaternary nitrogens is 1. The molecule has 0 saturated heterocycles. The van der Waals surface area contributed by atoms with Crippen molar-refractivity contribution in [2.75, 3.05) is 40.9 Å². The van der Waals surface area contributed by atoms with E-state index in [1.54, 1.807) is 6.08 Å². The van der Waals surface area contributed by atoms with E-state index in [1.807, 2.05) is 27.2 Å². The standard InChI is InChI=1S/C67H135N2O6P/c1-6-8-10-12-14-16-18-20-22-23-24-25-26-27-28-29-30-31-32-33-34-35-36-37-38-39-40-41-42-43-44-45-46-47-49-51-53-55-57-59-61-67(71)68-65(64-75-76(72,73)74-63-62-69(3,4)5)66(70)60-58-56-54-52-50-48-21-19-17-15-13-11-9-7-2/h58,60,65-66,70H,6-57,59,61-64H2,1-5H3,(H-,68,71,72,73)/b60-58+. The largest absolute Gasteiger partial charge is 0.756 e. The van der Waals surface area contributed by atoms with Crippen LogP contribution >= 0.6 is 7.82 Å². The average Bonchev–Trinajstić information content (AvgIpc) is 3.38. The van der Waals surface area contributed by atoms with E-state index in [9.17, 15) is 19.4 Å². The predicted molar refractivity (Wildman–Crippen MR) is 330 cm³/mol. The Morgan fingerprint density at radius 2 is 0.711 bits per heavy atom. The molecule has 9 heteroatoms. The average molecular weight is 1100 g/mol. The van der Waals surface area contributed by atoms with Crippen molar-refractivity contribution in [3.05, 3.63) is 12.2 Å². The van der Waals surface area contributed by atoms with Gasteiger partial charge in [-0.15, -0.1) is 0 Å². The molecule has 8 nitrogen and oxygen atoms in total. The highest BCUT2D eigenvalue weighted by Gasteiger charge is 2.23. The first kappa shape index (κ1) is 75.2. The lowest BCUT2D eigenvalue weighted by Gasteiger charge is -2.29.